The summed E-state index contributed by atoms with van der Waals surface area (Å²) in [5.74, 6) is 2.17. The molecule has 1 aromatic carbocycles. The first kappa shape index (κ1) is 28.6. The van der Waals surface area contributed by atoms with E-state index in [1.165, 1.54) is 16.8 Å². The molecule has 0 spiro atoms. The molecule has 3 aliphatic rings. The van der Waals surface area contributed by atoms with Crippen molar-refractivity contribution in [1.82, 2.24) is 9.78 Å². The van der Waals surface area contributed by atoms with Crippen LogP contribution in [0.25, 0.3) is 11.8 Å². The molecule has 5 rings (SSSR count). The van der Waals surface area contributed by atoms with Gasteiger partial charge in [0.15, 0.2) is 8.32 Å². The molecule has 7 heteroatoms. The fourth-order valence-corrected chi connectivity index (χ4v) is 10.2. The third kappa shape index (κ3) is 4.54. The standard InChI is InChI=1S/C32H47BN2O3Si/c1-9-31-23-25-24-34-35(27-16-14-13-15-17-27)28(25)22-26(31)18-19-32(31,38-39(10-2,11-3)12-4)20-21-33-36-29(5,6)30(7,8)37-33/h13-17,20-22,24H,9-12,18-19,23H2,1-8H3/b21-20+/t31-,32+/m0/s1. The van der Waals surface area contributed by atoms with Crippen LogP contribution in [0.5, 0.6) is 0 Å². The summed E-state index contributed by atoms with van der Waals surface area (Å²) in [6, 6.07) is 13.9. The van der Waals surface area contributed by atoms with Gasteiger partial charge in [-0.25, -0.2) is 4.68 Å². The molecule has 1 saturated heterocycles. The number of rotatable bonds is 9. The number of hydrogen-bond acceptors (Lipinski definition) is 4. The minimum absolute atomic E-state index is 0.109. The SMILES string of the molecule is CC[C@]12Cc3cnn(-c4ccccc4)c3C=C1CC[C@]2(/C=C/B1OC(C)(C)C(C)(C)O1)O[Si](CC)(CC)CC. The zero-order chi connectivity index (χ0) is 28.1. The van der Waals surface area contributed by atoms with Crippen LogP contribution in [0.2, 0.25) is 18.1 Å². The zero-order valence-electron chi connectivity index (χ0n) is 25.3. The Balaban J connectivity index is 1.59. The van der Waals surface area contributed by atoms with Gasteiger partial charge in [0.25, 0.3) is 0 Å². The third-order valence-electron chi connectivity index (χ3n) is 10.6. The lowest BCUT2D eigenvalue weighted by Crippen LogP contribution is -2.55. The second kappa shape index (κ2) is 10.2. The van der Waals surface area contributed by atoms with E-state index in [1.807, 2.05) is 0 Å². The first-order valence-corrected chi connectivity index (χ1v) is 17.6. The Morgan fingerprint density at radius 1 is 1.00 bits per heavy atom. The van der Waals surface area contributed by atoms with E-state index in [9.17, 15) is 0 Å². The number of nitrogens with zero attached hydrogens (tertiary/aromatic N) is 2. The number of benzene rings is 1. The van der Waals surface area contributed by atoms with E-state index in [2.05, 4.69) is 115 Å². The Labute approximate surface area is 237 Å². The maximum Gasteiger partial charge on any atom is 0.486 e. The van der Waals surface area contributed by atoms with Crippen LogP contribution < -0.4 is 0 Å². The minimum Gasteiger partial charge on any atom is -0.407 e. The smallest absolute Gasteiger partial charge is 0.407 e. The van der Waals surface area contributed by atoms with Gasteiger partial charge in [0.05, 0.1) is 34.4 Å². The van der Waals surface area contributed by atoms with E-state index in [0.29, 0.717) is 0 Å². The van der Waals surface area contributed by atoms with Gasteiger partial charge >= 0.3 is 7.12 Å². The van der Waals surface area contributed by atoms with Crippen LogP contribution in [-0.2, 0) is 20.2 Å². The molecular formula is C32H47BN2O3Si. The van der Waals surface area contributed by atoms with E-state index in [4.69, 9.17) is 18.8 Å². The van der Waals surface area contributed by atoms with Crippen molar-refractivity contribution in [2.75, 3.05) is 0 Å². The molecule has 0 bridgehead atoms. The number of fused-ring (bicyclic) bond motifs is 2. The van der Waals surface area contributed by atoms with Gasteiger partial charge in [-0.05, 0) is 95.3 Å². The number of aromatic nitrogens is 2. The van der Waals surface area contributed by atoms with Crippen molar-refractivity contribution in [1.29, 1.82) is 0 Å². The van der Waals surface area contributed by atoms with Crippen LogP contribution in [0, 0.1) is 5.41 Å². The summed E-state index contributed by atoms with van der Waals surface area (Å²) in [5.41, 5.74) is 3.91. The van der Waals surface area contributed by atoms with Gasteiger partial charge in [-0.3, -0.25) is 0 Å². The molecule has 1 aromatic heterocycles. The Kier molecular flexibility index (Phi) is 7.45. The molecule has 0 amide bonds. The van der Waals surface area contributed by atoms with Gasteiger partial charge in [-0.1, -0.05) is 63.5 Å². The summed E-state index contributed by atoms with van der Waals surface area (Å²) in [7, 11) is -2.32. The first-order chi connectivity index (χ1) is 18.5. The van der Waals surface area contributed by atoms with Crippen molar-refractivity contribution in [2.24, 2.45) is 5.41 Å². The second-order valence-electron chi connectivity index (χ2n) is 12.8. The molecule has 0 N–H and O–H groups in total. The predicted octanol–water partition coefficient (Wildman–Crippen LogP) is 7.95. The largest absolute Gasteiger partial charge is 0.486 e. The fraction of sp³-hybridized carbons (Fsp3) is 0.594. The molecule has 39 heavy (non-hydrogen) atoms. The van der Waals surface area contributed by atoms with Crippen LogP contribution in [0.15, 0.2) is 54.2 Å². The van der Waals surface area contributed by atoms with E-state index < -0.39 is 13.9 Å². The fourth-order valence-electron chi connectivity index (χ4n) is 7.12. The van der Waals surface area contributed by atoms with E-state index in [1.54, 1.807) is 0 Å². The van der Waals surface area contributed by atoms with Crippen molar-refractivity contribution >= 4 is 21.5 Å². The molecule has 1 saturated carbocycles. The number of hydrogen-bond donors (Lipinski definition) is 0. The average molecular weight is 547 g/mol. The molecule has 2 aromatic rings. The summed E-state index contributed by atoms with van der Waals surface area (Å²) in [6.45, 7) is 17.8. The Morgan fingerprint density at radius 2 is 1.64 bits per heavy atom. The molecule has 0 radical (unpaired) electrons. The Bertz CT molecular complexity index is 1230. The van der Waals surface area contributed by atoms with Crippen molar-refractivity contribution in [3.8, 4) is 5.69 Å². The summed E-state index contributed by atoms with van der Waals surface area (Å²) < 4.78 is 22.6. The molecule has 210 valence electrons. The molecule has 2 heterocycles. The van der Waals surface area contributed by atoms with Crippen LogP contribution in [0.4, 0.5) is 0 Å². The van der Waals surface area contributed by atoms with Crippen molar-refractivity contribution in [3.05, 3.63) is 65.4 Å². The lowest BCUT2D eigenvalue weighted by Gasteiger charge is -2.50. The molecule has 2 fully saturated rings. The molecule has 0 unspecified atom stereocenters. The monoisotopic (exact) mass is 546 g/mol. The predicted molar refractivity (Wildman–Crippen MR) is 163 cm³/mol. The van der Waals surface area contributed by atoms with Crippen LogP contribution in [0.3, 0.4) is 0 Å². The lowest BCUT2D eigenvalue weighted by atomic mass is 9.63. The topological polar surface area (TPSA) is 45.5 Å². The lowest BCUT2D eigenvalue weighted by molar-refractivity contribution is 0.00578. The van der Waals surface area contributed by atoms with Crippen LogP contribution in [-0.4, -0.2) is 42.0 Å². The normalized spacial score (nSPS) is 27.6. The maximum atomic E-state index is 7.64. The molecular weight excluding hydrogens is 499 g/mol. The van der Waals surface area contributed by atoms with Gasteiger partial charge in [-0.2, -0.15) is 5.10 Å². The molecule has 5 nitrogen and oxygen atoms in total. The zero-order valence-corrected chi connectivity index (χ0v) is 26.3. The molecule has 2 aliphatic carbocycles. The second-order valence-corrected chi connectivity index (χ2v) is 17.5. The van der Waals surface area contributed by atoms with Gasteiger partial charge in [0.1, 0.15) is 0 Å². The third-order valence-corrected chi connectivity index (χ3v) is 15.3. The van der Waals surface area contributed by atoms with E-state index in [-0.39, 0.29) is 23.7 Å². The van der Waals surface area contributed by atoms with E-state index in [0.717, 1.165) is 49.5 Å². The van der Waals surface area contributed by atoms with Crippen LogP contribution >= 0.6 is 0 Å². The quantitative estimate of drug-likeness (QED) is 0.300. The van der Waals surface area contributed by atoms with Crippen molar-refractivity contribution in [3.63, 3.8) is 0 Å². The summed E-state index contributed by atoms with van der Waals surface area (Å²) in [4.78, 5) is 0. The highest BCUT2D eigenvalue weighted by molar-refractivity contribution is 6.73. The van der Waals surface area contributed by atoms with Crippen LogP contribution in [0.1, 0.15) is 85.9 Å². The Morgan fingerprint density at radius 3 is 2.23 bits per heavy atom. The van der Waals surface area contributed by atoms with Gasteiger partial charge in [0.2, 0.25) is 0 Å². The highest BCUT2D eigenvalue weighted by Crippen LogP contribution is 2.61. The average Bonchev–Trinajstić information content (AvgIpc) is 3.54. The summed E-state index contributed by atoms with van der Waals surface area (Å²) in [6.07, 6.45) is 10.9. The summed E-state index contributed by atoms with van der Waals surface area (Å²) >= 11 is 0. The maximum absolute atomic E-state index is 7.64. The van der Waals surface area contributed by atoms with Gasteiger partial charge in [0, 0.05) is 5.41 Å². The van der Waals surface area contributed by atoms with Crippen molar-refractivity contribution < 1.29 is 13.7 Å². The number of para-hydroxylation sites is 1. The van der Waals surface area contributed by atoms with Gasteiger partial charge in [-0.15, -0.1) is 0 Å². The first-order valence-electron chi connectivity index (χ1n) is 15.1. The minimum atomic E-state index is -1.95. The Hall–Kier alpha value is -1.93. The highest BCUT2D eigenvalue weighted by Gasteiger charge is 2.60. The summed E-state index contributed by atoms with van der Waals surface area (Å²) in [5, 5.41) is 4.85. The molecule has 2 atom stereocenters. The van der Waals surface area contributed by atoms with E-state index >= 15 is 0 Å². The molecule has 1 aliphatic heterocycles. The van der Waals surface area contributed by atoms with Crippen molar-refractivity contribution in [2.45, 2.75) is 116 Å². The highest BCUT2D eigenvalue weighted by atomic mass is 28.4. The van der Waals surface area contributed by atoms with Gasteiger partial charge < -0.3 is 13.7 Å².